The number of nitrogens with zero attached hydrogens (tertiary/aromatic N) is 2. The summed E-state index contributed by atoms with van der Waals surface area (Å²) < 4.78 is 0. The van der Waals surface area contributed by atoms with Gasteiger partial charge in [0, 0.05) is 38.6 Å². The van der Waals surface area contributed by atoms with Crippen LogP contribution in [-0.2, 0) is 0 Å². The molecule has 1 heterocycles. The molecule has 1 rings (SSSR count). The van der Waals surface area contributed by atoms with Crippen molar-refractivity contribution in [1.82, 2.24) is 9.80 Å². The van der Waals surface area contributed by atoms with E-state index in [9.17, 15) is 0 Å². The third kappa shape index (κ3) is 5.34. The molecule has 0 aromatic rings. The molecule has 0 fully saturated rings. The van der Waals surface area contributed by atoms with Gasteiger partial charge in [-0.25, -0.2) is 0 Å². The quantitative estimate of drug-likeness (QED) is 0.646. The molecule has 0 radical (unpaired) electrons. The molecule has 1 atom stereocenters. The molecule has 0 saturated carbocycles. The Bertz CT molecular complexity index is 272. The second kappa shape index (κ2) is 9.32. The van der Waals surface area contributed by atoms with Crippen molar-refractivity contribution in [1.29, 1.82) is 0 Å². The molecule has 0 aliphatic carbocycles. The van der Waals surface area contributed by atoms with Crippen molar-refractivity contribution >= 4 is 12.4 Å². The lowest BCUT2D eigenvalue weighted by Gasteiger charge is -2.32. The largest absolute Gasteiger partial charge is 0.378 e. The predicted molar refractivity (Wildman–Crippen MR) is 83.1 cm³/mol. The number of rotatable bonds is 7. The Hall–Kier alpha value is -0.630. The molecule has 0 saturated heterocycles. The smallest absolute Gasteiger partial charge is 0.0490 e. The summed E-state index contributed by atoms with van der Waals surface area (Å²) in [7, 11) is 4.23. The second-order valence-corrected chi connectivity index (χ2v) is 5.05. The minimum Gasteiger partial charge on any atom is -0.378 e. The van der Waals surface area contributed by atoms with Gasteiger partial charge in [0.25, 0.3) is 0 Å². The van der Waals surface area contributed by atoms with Gasteiger partial charge in [-0.3, -0.25) is 0 Å². The summed E-state index contributed by atoms with van der Waals surface area (Å²) in [6, 6.07) is 0.597. The SMILES string of the molecule is CCCCCCC1C=C(N(C)C)C=CN1CC.Cl. The molecule has 3 heteroatoms. The summed E-state index contributed by atoms with van der Waals surface area (Å²) >= 11 is 0. The summed E-state index contributed by atoms with van der Waals surface area (Å²) in [5.74, 6) is 0. The van der Waals surface area contributed by atoms with Crippen LogP contribution < -0.4 is 0 Å². The Morgan fingerprint density at radius 3 is 2.44 bits per heavy atom. The van der Waals surface area contributed by atoms with E-state index in [1.165, 1.54) is 37.8 Å². The van der Waals surface area contributed by atoms with Gasteiger partial charge in [-0.15, -0.1) is 12.4 Å². The fourth-order valence-electron chi connectivity index (χ4n) is 2.30. The fraction of sp³-hybridized carbons (Fsp3) is 0.733. The molecule has 1 aliphatic rings. The number of allylic oxidation sites excluding steroid dienone is 1. The van der Waals surface area contributed by atoms with E-state index in [0.29, 0.717) is 6.04 Å². The fourth-order valence-corrected chi connectivity index (χ4v) is 2.30. The number of halogens is 1. The highest BCUT2D eigenvalue weighted by Crippen LogP contribution is 2.19. The lowest BCUT2D eigenvalue weighted by molar-refractivity contribution is 0.301. The summed E-state index contributed by atoms with van der Waals surface area (Å²) in [5, 5.41) is 0. The molecule has 0 aromatic carbocycles. The molecular weight excluding hydrogens is 244 g/mol. The lowest BCUT2D eigenvalue weighted by Crippen LogP contribution is -2.32. The number of hydrogen-bond acceptors (Lipinski definition) is 2. The van der Waals surface area contributed by atoms with Crippen LogP contribution in [-0.4, -0.2) is 36.5 Å². The normalized spacial score (nSPS) is 18.3. The highest BCUT2D eigenvalue weighted by molar-refractivity contribution is 5.85. The average molecular weight is 273 g/mol. The van der Waals surface area contributed by atoms with E-state index in [1.54, 1.807) is 0 Å². The van der Waals surface area contributed by atoms with Crippen molar-refractivity contribution in [2.45, 2.75) is 52.0 Å². The van der Waals surface area contributed by atoms with Crippen molar-refractivity contribution in [2.75, 3.05) is 20.6 Å². The zero-order valence-corrected chi connectivity index (χ0v) is 13.2. The standard InChI is InChI=1S/C15H28N2.ClH/c1-5-7-8-9-10-15-13-14(16(3)4)11-12-17(15)6-2;/h11-13,15H,5-10H2,1-4H3;1H. The molecule has 18 heavy (non-hydrogen) atoms. The van der Waals surface area contributed by atoms with Crippen LogP contribution in [0.15, 0.2) is 24.0 Å². The first-order valence-electron chi connectivity index (χ1n) is 7.02. The van der Waals surface area contributed by atoms with Crippen LogP contribution >= 0.6 is 12.4 Å². The molecule has 0 bridgehead atoms. The van der Waals surface area contributed by atoms with Gasteiger partial charge in [0.2, 0.25) is 0 Å². The Balaban J connectivity index is 0.00000289. The third-order valence-electron chi connectivity index (χ3n) is 3.46. The van der Waals surface area contributed by atoms with Crippen molar-refractivity contribution in [2.24, 2.45) is 0 Å². The topological polar surface area (TPSA) is 6.48 Å². The van der Waals surface area contributed by atoms with Crippen molar-refractivity contribution < 1.29 is 0 Å². The highest BCUT2D eigenvalue weighted by Gasteiger charge is 2.16. The molecule has 2 nitrogen and oxygen atoms in total. The Morgan fingerprint density at radius 1 is 1.17 bits per heavy atom. The van der Waals surface area contributed by atoms with Gasteiger partial charge >= 0.3 is 0 Å². The second-order valence-electron chi connectivity index (χ2n) is 5.05. The van der Waals surface area contributed by atoms with Crippen LogP contribution in [0.4, 0.5) is 0 Å². The molecule has 0 aromatic heterocycles. The van der Waals surface area contributed by atoms with Crippen LogP contribution in [0.1, 0.15) is 46.0 Å². The first-order chi connectivity index (χ1) is 8.19. The molecule has 0 amide bonds. The van der Waals surface area contributed by atoms with E-state index in [2.05, 4.69) is 56.1 Å². The molecule has 1 aliphatic heterocycles. The highest BCUT2D eigenvalue weighted by atomic mass is 35.5. The maximum absolute atomic E-state index is 2.44. The predicted octanol–water partition coefficient (Wildman–Crippen LogP) is 4.04. The zero-order chi connectivity index (χ0) is 12.7. The van der Waals surface area contributed by atoms with Gasteiger partial charge in [-0.2, -0.15) is 0 Å². The maximum Gasteiger partial charge on any atom is 0.0490 e. The lowest BCUT2D eigenvalue weighted by atomic mass is 10.0. The van der Waals surface area contributed by atoms with Crippen molar-refractivity contribution in [3.05, 3.63) is 24.0 Å². The van der Waals surface area contributed by atoms with E-state index in [1.807, 2.05) is 0 Å². The molecule has 1 unspecified atom stereocenters. The summed E-state index contributed by atoms with van der Waals surface area (Å²) in [5.41, 5.74) is 1.34. The first-order valence-corrected chi connectivity index (χ1v) is 7.02. The van der Waals surface area contributed by atoms with E-state index in [4.69, 9.17) is 0 Å². The molecule has 0 spiro atoms. The van der Waals surface area contributed by atoms with Crippen LogP contribution in [0.3, 0.4) is 0 Å². The Morgan fingerprint density at radius 2 is 1.89 bits per heavy atom. The summed E-state index contributed by atoms with van der Waals surface area (Å²) in [6.07, 6.45) is 13.6. The van der Waals surface area contributed by atoms with E-state index in [-0.39, 0.29) is 12.4 Å². The number of likely N-dealkylation sites (N-methyl/N-ethyl adjacent to an activating group) is 2. The van der Waals surface area contributed by atoms with Crippen LogP contribution in [0.2, 0.25) is 0 Å². The summed E-state index contributed by atoms with van der Waals surface area (Å²) in [4.78, 5) is 4.64. The Labute approximate surface area is 119 Å². The average Bonchev–Trinajstić information content (AvgIpc) is 2.34. The van der Waals surface area contributed by atoms with Crippen molar-refractivity contribution in [3.63, 3.8) is 0 Å². The van der Waals surface area contributed by atoms with E-state index < -0.39 is 0 Å². The minimum atomic E-state index is 0. The molecule has 0 N–H and O–H groups in total. The van der Waals surface area contributed by atoms with Crippen LogP contribution in [0.5, 0.6) is 0 Å². The first kappa shape index (κ1) is 17.4. The zero-order valence-electron chi connectivity index (χ0n) is 12.4. The van der Waals surface area contributed by atoms with Gasteiger partial charge in [-0.05, 0) is 25.5 Å². The Kier molecular flexibility index (Phi) is 8.99. The van der Waals surface area contributed by atoms with Gasteiger partial charge in [0.05, 0.1) is 0 Å². The van der Waals surface area contributed by atoms with Crippen LogP contribution in [0.25, 0.3) is 0 Å². The molecular formula is C15H29ClN2. The van der Waals surface area contributed by atoms with Gasteiger partial charge in [-0.1, -0.05) is 32.6 Å². The molecule has 106 valence electrons. The van der Waals surface area contributed by atoms with Gasteiger partial charge in [0.1, 0.15) is 0 Å². The maximum atomic E-state index is 2.44. The number of unbranched alkanes of at least 4 members (excludes halogenated alkanes) is 3. The minimum absolute atomic E-state index is 0. The van der Waals surface area contributed by atoms with Crippen molar-refractivity contribution in [3.8, 4) is 0 Å². The van der Waals surface area contributed by atoms with E-state index in [0.717, 1.165) is 6.54 Å². The van der Waals surface area contributed by atoms with Gasteiger partial charge < -0.3 is 9.80 Å². The third-order valence-corrected chi connectivity index (χ3v) is 3.46. The summed E-state index contributed by atoms with van der Waals surface area (Å²) in [6.45, 7) is 5.61. The van der Waals surface area contributed by atoms with E-state index >= 15 is 0 Å². The monoisotopic (exact) mass is 272 g/mol. The van der Waals surface area contributed by atoms with Crippen LogP contribution in [0, 0.1) is 0 Å². The number of hydrogen-bond donors (Lipinski definition) is 0. The van der Waals surface area contributed by atoms with Gasteiger partial charge in [0.15, 0.2) is 0 Å².